The van der Waals surface area contributed by atoms with Crippen LogP contribution < -0.4 is 0 Å². The smallest absolute Gasteiger partial charge is 0.209 e. The Morgan fingerprint density at radius 1 is 1.39 bits per heavy atom. The Hall–Kier alpha value is -2.66. The van der Waals surface area contributed by atoms with Gasteiger partial charge in [-0.1, -0.05) is 30.0 Å². The number of thioether (sulfide) groups is 1. The maximum atomic E-state index is 12.6. The van der Waals surface area contributed by atoms with Crippen LogP contribution in [0.3, 0.4) is 0 Å². The number of tetrazole rings is 1. The molecule has 3 aromatic rings. The maximum Gasteiger partial charge on any atom is 0.209 e. The van der Waals surface area contributed by atoms with Crippen molar-refractivity contribution in [2.24, 2.45) is 7.05 Å². The van der Waals surface area contributed by atoms with Crippen molar-refractivity contribution in [3.05, 3.63) is 36.0 Å². The summed E-state index contributed by atoms with van der Waals surface area (Å²) in [6.07, 6.45) is 2.24. The van der Waals surface area contributed by atoms with E-state index >= 15 is 0 Å². The first-order chi connectivity index (χ1) is 11.2. The Labute approximate surface area is 136 Å². The predicted octanol–water partition coefficient (Wildman–Crippen LogP) is 2.05. The normalized spacial score (nSPS) is 10.8. The van der Waals surface area contributed by atoms with Crippen LogP contribution in [0, 0.1) is 11.3 Å². The third kappa shape index (κ3) is 3.10. The molecule has 0 bridgehead atoms. The number of fused-ring (bicyclic) bond motifs is 1. The second kappa shape index (κ2) is 6.62. The van der Waals surface area contributed by atoms with Gasteiger partial charge in [0.15, 0.2) is 5.78 Å². The summed E-state index contributed by atoms with van der Waals surface area (Å²) >= 11 is 1.31. The van der Waals surface area contributed by atoms with Gasteiger partial charge in [0.25, 0.3) is 0 Å². The van der Waals surface area contributed by atoms with Crippen LogP contribution in [-0.4, -0.2) is 36.3 Å². The summed E-state index contributed by atoms with van der Waals surface area (Å²) in [6, 6.07) is 9.87. The summed E-state index contributed by atoms with van der Waals surface area (Å²) in [4.78, 5) is 12.6. The predicted molar refractivity (Wildman–Crippen MR) is 86.0 cm³/mol. The lowest BCUT2D eigenvalue weighted by molar-refractivity contribution is 0.102. The Bertz CT molecular complexity index is 891. The van der Waals surface area contributed by atoms with Gasteiger partial charge in [0.1, 0.15) is 0 Å². The zero-order chi connectivity index (χ0) is 16.2. The minimum absolute atomic E-state index is 0.0184. The van der Waals surface area contributed by atoms with Crippen LogP contribution in [0.1, 0.15) is 16.8 Å². The van der Waals surface area contributed by atoms with Crippen LogP contribution >= 0.6 is 11.8 Å². The first-order valence-corrected chi connectivity index (χ1v) is 8.02. The molecule has 0 fully saturated rings. The largest absolute Gasteiger partial charge is 0.346 e. The van der Waals surface area contributed by atoms with E-state index in [1.54, 1.807) is 7.05 Å². The van der Waals surface area contributed by atoms with Gasteiger partial charge < -0.3 is 4.57 Å². The van der Waals surface area contributed by atoms with Crippen molar-refractivity contribution in [3.63, 3.8) is 0 Å². The maximum absolute atomic E-state index is 12.6. The highest BCUT2D eigenvalue weighted by molar-refractivity contribution is 7.99. The van der Waals surface area contributed by atoms with Gasteiger partial charge in [0.05, 0.1) is 18.2 Å². The van der Waals surface area contributed by atoms with Crippen molar-refractivity contribution in [3.8, 4) is 6.07 Å². The Kier molecular flexibility index (Phi) is 4.39. The van der Waals surface area contributed by atoms with Crippen LogP contribution in [0.25, 0.3) is 10.9 Å². The number of ketones is 1. The Balaban J connectivity index is 1.85. The van der Waals surface area contributed by atoms with Crippen molar-refractivity contribution in [1.82, 2.24) is 24.8 Å². The van der Waals surface area contributed by atoms with E-state index in [-0.39, 0.29) is 11.5 Å². The number of nitrogens with zero attached hydrogens (tertiary/aromatic N) is 6. The lowest BCUT2D eigenvalue weighted by Gasteiger charge is -2.00. The molecule has 2 heterocycles. The van der Waals surface area contributed by atoms with Crippen LogP contribution in [0.4, 0.5) is 0 Å². The molecular weight excluding hydrogens is 312 g/mol. The third-order valence-corrected chi connectivity index (χ3v) is 4.48. The van der Waals surface area contributed by atoms with E-state index in [0.717, 1.165) is 10.9 Å². The summed E-state index contributed by atoms with van der Waals surface area (Å²) < 4.78 is 3.49. The third-order valence-electron chi connectivity index (χ3n) is 3.47. The molecule has 2 aromatic heterocycles. The van der Waals surface area contributed by atoms with E-state index in [9.17, 15) is 4.79 Å². The highest BCUT2D eigenvalue weighted by Crippen LogP contribution is 2.24. The molecule has 7 nitrogen and oxygen atoms in total. The summed E-state index contributed by atoms with van der Waals surface area (Å²) in [6.45, 7) is 0.574. The van der Waals surface area contributed by atoms with Gasteiger partial charge in [-0.25, -0.2) is 4.68 Å². The molecule has 0 N–H and O–H groups in total. The standard InChI is InChI=1S/C15H14N6OS/c1-20-15(17-18-19-20)23-10-14(22)12-9-21(8-4-7-16)13-6-3-2-5-11(12)13/h2-3,5-6,9H,4,8,10H2,1H3. The molecule has 0 saturated heterocycles. The lowest BCUT2D eigenvalue weighted by atomic mass is 10.1. The summed E-state index contributed by atoms with van der Waals surface area (Å²) in [7, 11) is 1.74. The Morgan fingerprint density at radius 2 is 2.22 bits per heavy atom. The molecule has 0 atom stereocenters. The molecule has 116 valence electrons. The van der Waals surface area contributed by atoms with Crippen LogP contribution in [-0.2, 0) is 13.6 Å². The first kappa shape index (κ1) is 15.2. The van der Waals surface area contributed by atoms with Crippen molar-refractivity contribution < 1.29 is 4.79 Å². The monoisotopic (exact) mass is 326 g/mol. The molecule has 0 radical (unpaired) electrons. The number of hydrogen-bond donors (Lipinski definition) is 0. The van der Waals surface area contributed by atoms with Gasteiger partial charge in [0, 0.05) is 36.3 Å². The molecule has 3 rings (SSSR count). The molecule has 0 spiro atoms. The minimum Gasteiger partial charge on any atom is -0.346 e. The lowest BCUT2D eigenvalue weighted by Crippen LogP contribution is -2.04. The van der Waals surface area contributed by atoms with Crippen molar-refractivity contribution in [2.75, 3.05) is 5.75 Å². The van der Waals surface area contributed by atoms with E-state index < -0.39 is 0 Å². The molecular formula is C15H14N6OS. The average molecular weight is 326 g/mol. The molecule has 0 amide bonds. The van der Waals surface area contributed by atoms with E-state index in [0.29, 0.717) is 23.7 Å². The van der Waals surface area contributed by atoms with Crippen LogP contribution in [0.5, 0.6) is 0 Å². The molecule has 0 aliphatic carbocycles. The zero-order valence-corrected chi connectivity index (χ0v) is 13.3. The highest BCUT2D eigenvalue weighted by atomic mass is 32.2. The highest BCUT2D eigenvalue weighted by Gasteiger charge is 2.16. The fourth-order valence-corrected chi connectivity index (χ4v) is 3.11. The number of carbonyl (C=O) groups excluding carboxylic acids is 1. The van der Waals surface area contributed by atoms with E-state index in [1.165, 1.54) is 16.4 Å². The number of para-hydroxylation sites is 1. The van der Waals surface area contributed by atoms with Crippen LogP contribution in [0.2, 0.25) is 0 Å². The van der Waals surface area contributed by atoms with Crippen molar-refractivity contribution in [1.29, 1.82) is 5.26 Å². The topological polar surface area (TPSA) is 89.4 Å². The SMILES string of the molecule is Cn1nnnc1SCC(=O)c1cn(CCC#N)c2ccccc12. The van der Waals surface area contributed by atoms with Crippen molar-refractivity contribution >= 4 is 28.4 Å². The Morgan fingerprint density at radius 3 is 2.96 bits per heavy atom. The van der Waals surface area contributed by atoms with Crippen molar-refractivity contribution in [2.45, 2.75) is 18.1 Å². The van der Waals surface area contributed by atoms with Gasteiger partial charge in [-0.15, -0.1) is 5.10 Å². The molecule has 8 heteroatoms. The average Bonchev–Trinajstić information content (AvgIpc) is 3.14. The minimum atomic E-state index is 0.0184. The molecule has 0 aliphatic heterocycles. The summed E-state index contributed by atoms with van der Waals surface area (Å²) in [5.41, 5.74) is 1.64. The number of benzene rings is 1. The number of hydrogen-bond acceptors (Lipinski definition) is 6. The number of aromatic nitrogens is 5. The first-order valence-electron chi connectivity index (χ1n) is 7.04. The molecule has 23 heavy (non-hydrogen) atoms. The molecule has 1 aromatic carbocycles. The summed E-state index contributed by atoms with van der Waals surface area (Å²) in [5.74, 6) is 0.283. The number of nitriles is 1. The molecule has 0 aliphatic rings. The second-order valence-electron chi connectivity index (χ2n) is 4.96. The van der Waals surface area contributed by atoms with E-state index in [4.69, 9.17) is 5.26 Å². The van der Waals surface area contributed by atoms with Gasteiger partial charge in [0.2, 0.25) is 5.16 Å². The van der Waals surface area contributed by atoms with Crippen LogP contribution in [0.15, 0.2) is 35.6 Å². The van der Waals surface area contributed by atoms with Gasteiger partial charge >= 0.3 is 0 Å². The second-order valence-corrected chi connectivity index (χ2v) is 5.90. The quantitative estimate of drug-likeness (QED) is 0.509. The number of rotatable bonds is 6. The van der Waals surface area contributed by atoms with Gasteiger partial charge in [-0.3, -0.25) is 4.79 Å². The number of carbonyl (C=O) groups is 1. The van der Waals surface area contributed by atoms with E-state index in [2.05, 4.69) is 21.6 Å². The van der Waals surface area contributed by atoms with E-state index in [1.807, 2.05) is 35.0 Å². The fourth-order valence-electron chi connectivity index (χ4n) is 2.38. The van der Waals surface area contributed by atoms with Gasteiger partial charge in [-0.05, 0) is 16.5 Å². The van der Waals surface area contributed by atoms with Gasteiger partial charge in [-0.2, -0.15) is 5.26 Å². The number of Topliss-reactive ketones (excluding diaryl/α,β-unsaturated/α-hetero) is 1. The summed E-state index contributed by atoms with van der Waals surface area (Å²) in [5, 5.41) is 21.5. The number of aryl methyl sites for hydroxylation is 2. The molecule has 0 unspecified atom stereocenters. The molecule has 0 saturated carbocycles. The fraction of sp³-hybridized carbons (Fsp3) is 0.267. The zero-order valence-electron chi connectivity index (χ0n) is 12.5.